The maximum Gasteiger partial charge on any atom is 0.245 e. The number of carbonyl (C=O) groups excluding carboxylic acids is 5. The molecule has 12 nitrogen and oxygen atoms in total. The predicted molar refractivity (Wildman–Crippen MR) is 211 cm³/mol. The third-order valence-corrected chi connectivity index (χ3v) is 10.7. The van der Waals surface area contributed by atoms with Crippen LogP contribution in [0.3, 0.4) is 0 Å². The Morgan fingerprint density at radius 2 is 1.31 bits per heavy atom. The largest absolute Gasteiger partial charge is 0.345 e. The van der Waals surface area contributed by atoms with Crippen LogP contribution in [-0.2, 0) is 36.8 Å². The van der Waals surface area contributed by atoms with Crippen molar-refractivity contribution >= 4 is 29.4 Å². The summed E-state index contributed by atoms with van der Waals surface area (Å²) >= 11 is 0. The molecule has 2 saturated heterocycles. The van der Waals surface area contributed by atoms with Crippen molar-refractivity contribution in [3.63, 3.8) is 0 Å². The Morgan fingerprint density at radius 3 is 1.91 bits per heavy atom. The van der Waals surface area contributed by atoms with Crippen LogP contribution in [-0.4, -0.2) is 95.6 Å². The number of likely N-dealkylation sites (tertiary alicyclic amines) is 2. The topological polar surface area (TPSA) is 194 Å². The van der Waals surface area contributed by atoms with Gasteiger partial charge in [0.2, 0.25) is 23.6 Å². The number of benzene rings is 2. The molecule has 0 aromatic heterocycles. The minimum absolute atomic E-state index is 0.0817. The average molecular weight is 746 g/mol. The first-order valence-electron chi connectivity index (χ1n) is 20.0. The Labute approximate surface area is 321 Å². The van der Waals surface area contributed by atoms with Crippen molar-refractivity contribution in [3.05, 3.63) is 71.8 Å². The number of Topliss-reactive ketones (excluding diaryl/α,β-unsaturated/α-hetero) is 1. The Hall–Kier alpha value is -4.13. The molecule has 4 rings (SSSR count). The predicted octanol–water partition coefficient (Wildman–Crippen LogP) is 2.85. The summed E-state index contributed by atoms with van der Waals surface area (Å²) < 4.78 is 0. The van der Waals surface area contributed by atoms with Gasteiger partial charge < -0.3 is 37.6 Å². The number of carbonyl (C=O) groups is 5. The van der Waals surface area contributed by atoms with E-state index in [9.17, 15) is 24.0 Å². The van der Waals surface area contributed by atoms with Gasteiger partial charge in [-0.2, -0.15) is 0 Å². The van der Waals surface area contributed by atoms with E-state index in [1.807, 2.05) is 84.3 Å². The third kappa shape index (κ3) is 12.7. The van der Waals surface area contributed by atoms with Crippen LogP contribution >= 0.6 is 0 Å². The molecular formula is C42H63N7O5. The molecule has 2 bridgehead atoms. The minimum atomic E-state index is -0.891. The molecule has 12 heteroatoms. The van der Waals surface area contributed by atoms with Crippen molar-refractivity contribution in [2.45, 2.75) is 121 Å². The van der Waals surface area contributed by atoms with Crippen LogP contribution in [0.15, 0.2) is 60.7 Å². The van der Waals surface area contributed by atoms with E-state index in [0.29, 0.717) is 64.7 Å². The number of amides is 4. The molecule has 2 aliphatic rings. The van der Waals surface area contributed by atoms with Crippen LogP contribution in [0.5, 0.6) is 0 Å². The van der Waals surface area contributed by atoms with Crippen LogP contribution in [0, 0.1) is 11.8 Å². The van der Waals surface area contributed by atoms with E-state index in [1.165, 1.54) is 0 Å². The summed E-state index contributed by atoms with van der Waals surface area (Å²) in [4.78, 5) is 72.3. The zero-order valence-corrected chi connectivity index (χ0v) is 32.3. The molecule has 0 aliphatic carbocycles. The lowest BCUT2D eigenvalue weighted by atomic mass is 9.85. The number of hydrogen-bond donors (Lipinski definition) is 5. The van der Waals surface area contributed by atoms with Crippen LogP contribution in [0.4, 0.5) is 0 Å². The highest BCUT2D eigenvalue weighted by molar-refractivity contribution is 5.95. The average Bonchev–Trinajstić information content (AvgIpc) is 3.16. The van der Waals surface area contributed by atoms with Gasteiger partial charge in [0, 0.05) is 31.8 Å². The van der Waals surface area contributed by atoms with Crippen molar-refractivity contribution < 1.29 is 24.0 Å². The molecule has 6 unspecified atom stereocenters. The maximum absolute atomic E-state index is 14.1. The molecule has 0 radical (unpaired) electrons. The van der Waals surface area contributed by atoms with Gasteiger partial charge in [0.1, 0.15) is 6.04 Å². The summed E-state index contributed by atoms with van der Waals surface area (Å²) in [5.41, 5.74) is 19.5. The smallest absolute Gasteiger partial charge is 0.245 e. The fourth-order valence-corrected chi connectivity index (χ4v) is 7.72. The first-order valence-corrected chi connectivity index (χ1v) is 20.0. The highest BCUT2D eigenvalue weighted by atomic mass is 16.2. The van der Waals surface area contributed by atoms with Crippen molar-refractivity contribution in [2.24, 2.45) is 29.0 Å². The van der Waals surface area contributed by atoms with Gasteiger partial charge in [-0.05, 0) is 87.9 Å². The van der Waals surface area contributed by atoms with E-state index < -0.39 is 30.0 Å². The SMILES string of the molecule is CC(C)CC(CC(=O)C(Cc1ccccc1)NC(=O)C(N)Cc1ccccc1)C(=O)NC(CCCCN)C(=O)N1C2CC1CN(C(=O)CCCCCN)C2. The number of fused-ring (bicyclic) bond motifs is 2. The van der Waals surface area contributed by atoms with E-state index in [4.69, 9.17) is 17.2 Å². The molecule has 2 aromatic carbocycles. The van der Waals surface area contributed by atoms with Crippen molar-refractivity contribution in [3.8, 4) is 0 Å². The molecule has 2 aromatic rings. The Balaban J connectivity index is 1.44. The molecule has 54 heavy (non-hydrogen) atoms. The van der Waals surface area contributed by atoms with Crippen molar-refractivity contribution in [1.29, 1.82) is 0 Å². The normalized spacial score (nSPS) is 18.6. The molecule has 2 fully saturated rings. The highest BCUT2D eigenvalue weighted by Gasteiger charge is 2.49. The van der Waals surface area contributed by atoms with Gasteiger partial charge in [0.05, 0.1) is 24.2 Å². The lowest BCUT2D eigenvalue weighted by Crippen LogP contribution is -2.72. The van der Waals surface area contributed by atoms with Gasteiger partial charge >= 0.3 is 0 Å². The van der Waals surface area contributed by atoms with Crippen LogP contribution in [0.2, 0.25) is 0 Å². The Morgan fingerprint density at radius 1 is 0.741 bits per heavy atom. The fraction of sp³-hybridized carbons (Fsp3) is 0.595. The van der Waals surface area contributed by atoms with Gasteiger partial charge in [-0.3, -0.25) is 24.0 Å². The Bertz CT molecular complexity index is 1490. The summed E-state index contributed by atoms with van der Waals surface area (Å²) in [7, 11) is 0. The van der Waals surface area contributed by atoms with Gasteiger partial charge in [-0.25, -0.2) is 0 Å². The minimum Gasteiger partial charge on any atom is -0.345 e. The van der Waals surface area contributed by atoms with E-state index >= 15 is 0 Å². The van der Waals surface area contributed by atoms with Crippen LogP contribution in [0.25, 0.3) is 0 Å². The second-order valence-electron chi connectivity index (χ2n) is 15.6. The van der Waals surface area contributed by atoms with Crippen LogP contribution in [0.1, 0.15) is 89.2 Å². The molecule has 0 saturated carbocycles. The molecule has 2 aliphatic heterocycles. The number of nitrogens with two attached hydrogens (primary N) is 3. The number of hydrogen-bond acceptors (Lipinski definition) is 8. The summed E-state index contributed by atoms with van der Waals surface area (Å²) in [6.45, 7) is 6.07. The first kappa shape index (κ1) is 42.6. The molecule has 296 valence electrons. The fourth-order valence-electron chi connectivity index (χ4n) is 7.72. The maximum atomic E-state index is 14.1. The van der Waals surface area contributed by atoms with E-state index in [0.717, 1.165) is 36.8 Å². The number of unbranched alkanes of at least 4 members (excludes halogenated alkanes) is 3. The monoisotopic (exact) mass is 745 g/mol. The number of rotatable bonds is 23. The quantitative estimate of drug-likeness (QED) is 0.107. The summed E-state index contributed by atoms with van der Waals surface area (Å²) in [5.74, 6) is -1.70. The number of nitrogens with zero attached hydrogens (tertiary/aromatic N) is 2. The molecule has 6 atom stereocenters. The van der Waals surface area contributed by atoms with Gasteiger partial charge in [0.15, 0.2) is 5.78 Å². The van der Waals surface area contributed by atoms with Crippen LogP contribution < -0.4 is 27.8 Å². The van der Waals surface area contributed by atoms with Crippen molar-refractivity contribution in [1.82, 2.24) is 20.4 Å². The standard InChI is InChI=1S/C42H63N7O5/c1-29(2)22-32(25-38(50)37(24-31-16-8-4-9-17-31)47-41(53)35(45)23-30-14-6-3-7-15-30)40(52)46-36(18-11-13-21-44)42(54)49-33-26-34(49)28-48(27-33)39(51)19-10-5-12-20-43/h3-4,6-9,14-17,29,32-37H,5,10-13,18-28,43-45H2,1-2H3,(H,46,52)(H,47,53). The number of nitrogens with one attached hydrogen (secondary N) is 2. The zero-order chi connectivity index (χ0) is 39.0. The molecule has 4 amide bonds. The number of ketones is 1. The van der Waals surface area contributed by atoms with Gasteiger partial charge in [-0.1, -0.05) is 80.9 Å². The molecule has 0 spiro atoms. The van der Waals surface area contributed by atoms with E-state index in [-0.39, 0.29) is 54.3 Å². The molecule has 8 N–H and O–H groups in total. The lowest BCUT2D eigenvalue weighted by molar-refractivity contribution is -0.163. The van der Waals surface area contributed by atoms with E-state index in [1.54, 1.807) is 0 Å². The summed E-state index contributed by atoms with van der Waals surface area (Å²) in [6, 6.07) is 16.2. The highest BCUT2D eigenvalue weighted by Crippen LogP contribution is 2.34. The second kappa shape index (κ2) is 21.7. The summed E-state index contributed by atoms with van der Waals surface area (Å²) in [5, 5.41) is 5.96. The molecular weight excluding hydrogens is 683 g/mol. The van der Waals surface area contributed by atoms with Gasteiger partial charge in [0.25, 0.3) is 0 Å². The third-order valence-electron chi connectivity index (χ3n) is 10.7. The van der Waals surface area contributed by atoms with Gasteiger partial charge in [-0.15, -0.1) is 0 Å². The lowest BCUT2D eigenvalue weighted by Gasteiger charge is -2.57. The number of piperazine rings is 1. The van der Waals surface area contributed by atoms with E-state index in [2.05, 4.69) is 10.6 Å². The first-order chi connectivity index (χ1) is 26.0. The van der Waals surface area contributed by atoms with Crippen molar-refractivity contribution in [2.75, 3.05) is 26.2 Å². The Kier molecular flexibility index (Phi) is 17.1. The summed E-state index contributed by atoms with van der Waals surface area (Å²) in [6.07, 6.45) is 6.64. The number of piperidine rings is 1. The molecule has 2 heterocycles. The zero-order valence-electron chi connectivity index (χ0n) is 32.3. The second-order valence-corrected chi connectivity index (χ2v) is 15.6.